The third kappa shape index (κ3) is 2.20. The van der Waals surface area contributed by atoms with Crippen molar-refractivity contribution in [3.63, 3.8) is 0 Å². The van der Waals surface area contributed by atoms with Gasteiger partial charge in [0.05, 0.1) is 10.6 Å². The monoisotopic (exact) mass is 199 g/mol. The summed E-state index contributed by atoms with van der Waals surface area (Å²) >= 11 is 5.67. The summed E-state index contributed by atoms with van der Waals surface area (Å²) in [7, 11) is 0. The van der Waals surface area contributed by atoms with E-state index >= 15 is 0 Å². The molecule has 0 aliphatic rings. The molecule has 1 aromatic carbocycles. The number of aromatic carboxylic acids is 1. The van der Waals surface area contributed by atoms with Crippen LogP contribution in [0, 0.1) is 0 Å². The molecular weight excluding hydrogens is 190 g/mol. The van der Waals surface area contributed by atoms with E-state index in [2.05, 4.69) is 0 Å². The highest BCUT2D eigenvalue weighted by Crippen LogP contribution is 2.20. The molecule has 0 heterocycles. The van der Waals surface area contributed by atoms with Gasteiger partial charge < -0.3 is 10.8 Å². The Morgan fingerprint density at radius 3 is 2.69 bits per heavy atom. The van der Waals surface area contributed by atoms with Crippen LogP contribution >= 0.6 is 11.6 Å². The fourth-order valence-electron chi connectivity index (χ4n) is 0.990. The van der Waals surface area contributed by atoms with Gasteiger partial charge in [0.25, 0.3) is 0 Å². The van der Waals surface area contributed by atoms with Crippen LogP contribution in [0.25, 0.3) is 0 Å². The molecule has 70 valence electrons. The van der Waals surface area contributed by atoms with Crippen LogP contribution in [0.5, 0.6) is 0 Å². The summed E-state index contributed by atoms with van der Waals surface area (Å²) in [5.74, 6) is -1.03. The van der Waals surface area contributed by atoms with Crippen LogP contribution in [0.4, 0.5) is 0 Å². The number of hydrogen-bond acceptors (Lipinski definition) is 2. The molecule has 0 aliphatic heterocycles. The van der Waals surface area contributed by atoms with E-state index in [0.29, 0.717) is 0 Å². The van der Waals surface area contributed by atoms with Gasteiger partial charge in [-0.1, -0.05) is 17.7 Å². The van der Waals surface area contributed by atoms with Crippen molar-refractivity contribution in [3.05, 3.63) is 34.3 Å². The van der Waals surface area contributed by atoms with Crippen LogP contribution in [0.3, 0.4) is 0 Å². The largest absolute Gasteiger partial charge is 0.478 e. The van der Waals surface area contributed by atoms with E-state index in [1.165, 1.54) is 6.07 Å². The molecule has 0 fully saturated rings. The van der Waals surface area contributed by atoms with Crippen molar-refractivity contribution in [2.24, 2.45) is 5.73 Å². The van der Waals surface area contributed by atoms with E-state index in [4.69, 9.17) is 22.4 Å². The number of rotatable bonds is 2. The van der Waals surface area contributed by atoms with Crippen molar-refractivity contribution in [3.8, 4) is 0 Å². The quantitative estimate of drug-likeness (QED) is 0.767. The van der Waals surface area contributed by atoms with Gasteiger partial charge in [-0.15, -0.1) is 0 Å². The first kappa shape index (κ1) is 10.0. The molecule has 0 saturated carbocycles. The van der Waals surface area contributed by atoms with E-state index < -0.39 is 5.97 Å². The minimum absolute atomic E-state index is 0.0940. The topological polar surface area (TPSA) is 63.3 Å². The Morgan fingerprint density at radius 1 is 1.62 bits per heavy atom. The second-order valence-electron chi connectivity index (χ2n) is 2.83. The summed E-state index contributed by atoms with van der Waals surface area (Å²) in [6, 6.07) is 4.58. The molecule has 1 atom stereocenters. The molecule has 0 amide bonds. The van der Waals surface area contributed by atoms with E-state index in [9.17, 15) is 4.79 Å². The predicted molar refractivity (Wildman–Crippen MR) is 51.0 cm³/mol. The molecule has 3 nitrogen and oxygen atoms in total. The van der Waals surface area contributed by atoms with Crippen LogP contribution in [0.1, 0.15) is 28.9 Å². The highest BCUT2D eigenvalue weighted by Gasteiger charge is 2.10. The smallest absolute Gasteiger partial charge is 0.337 e. The molecular formula is C9H10ClNO2. The minimum atomic E-state index is -1.03. The highest BCUT2D eigenvalue weighted by molar-refractivity contribution is 6.33. The number of carbonyl (C=O) groups is 1. The lowest BCUT2D eigenvalue weighted by Gasteiger charge is -2.07. The highest BCUT2D eigenvalue weighted by atomic mass is 35.5. The van der Waals surface area contributed by atoms with Gasteiger partial charge in [0.15, 0.2) is 0 Å². The van der Waals surface area contributed by atoms with Gasteiger partial charge in [-0.05, 0) is 24.6 Å². The fraction of sp³-hybridized carbons (Fsp3) is 0.222. The van der Waals surface area contributed by atoms with Crippen LogP contribution in [0.15, 0.2) is 18.2 Å². The third-order valence-electron chi connectivity index (χ3n) is 1.75. The Kier molecular flexibility index (Phi) is 2.90. The normalized spacial score (nSPS) is 12.5. The molecule has 1 rings (SSSR count). The van der Waals surface area contributed by atoms with Gasteiger partial charge in [0, 0.05) is 6.04 Å². The number of hydrogen-bond donors (Lipinski definition) is 2. The van der Waals surface area contributed by atoms with Gasteiger partial charge in [-0.3, -0.25) is 0 Å². The standard InChI is InChI=1S/C9H10ClNO2/c1-5(11)6-2-3-8(10)7(4-6)9(12)13/h2-5H,11H2,1H3,(H,12,13)/t5-/m1/s1. The first-order chi connectivity index (χ1) is 6.02. The number of halogens is 1. The zero-order chi connectivity index (χ0) is 10.0. The zero-order valence-corrected chi connectivity index (χ0v) is 7.88. The van der Waals surface area contributed by atoms with Crippen molar-refractivity contribution < 1.29 is 9.90 Å². The first-order valence-corrected chi connectivity index (χ1v) is 4.18. The van der Waals surface area contributed by atoms with Crippen LogP contribution in [-0.2, 0) is 0 Å². The number of carboxylic acid groups (broad SMARTS) is 1. The average molecular weight is 200 g/mol. The Bertz CT molecular complexity index is 336. The van der Waals surface area contributed by atoms with Crippen molar-refractivity contribution in [1.82, 2.24) is 0 Å². The Balaban J connectivity index is 3.19. The van der Waals surface area contributed by atoms with Crippen molar-refractivity contribution >= 4 is 17.6 Å². The number of nitrogens with two attached hydrogens (primary N) is 1. The van der Waals surface area contributed by atoms with Crippen LogP contribution in [-0.4, -0.2) is 11.1 Å². The predicted octanol–water partition coefficient (Wildman–Crippen LogP) is 2.06. The Morgan fingerprint density at radius 2 is 2.23 bits per heavy atom. The Labute approximate surface area is 81.1 Å². The summed E-state index contributed by atoms with van der Waals surface area (Å²) in [5.41, 5.74) is 6.46. The molecule has 0 aliphatic carbocycles. The minimum Gasteiger partial charge on any atom is -0.478 e. The molecule has 0 unspecified atom stereocenters. The van der Waals surface area contributed by atoms with E-state index in [0.717, 1.165) is 5.56 Å². The van der Waals surface area contributed by atoms with Crippen molar-refractivity contribution in [2.75, 3.05) is 0 Å². The molecule has 0 saturated heterocycles. The van der Waals surface area contributed by atoms with E-state index in [1.807, 2.05) is 0 Å². The van der Waals surface area contributed by atoms with Crippen LogP contribution in [0.2, 0.25) is 5.02 Å². The summed E-state index contributed by atoms with van der Waals surface area (Å²) in [6.07, 6.45) is 0. The molecule has 0 radical (unpaired) electrons. The second kappa shape index (κ2) is 3.77. The van der Waals surface area contributed by atoms with Gasteiger partial charge in [-0.25, -0.2) is 4.79 Å². The van der Waals surface area contributed by atoms with Crippen molar-refractivity contribution in [2.45, 2.75) is 13.0 Å². The van der Waals surface area contributed by atoms with Gasteiger partial charge in [0.1, 0.15) is 0 Å². The fourth-order valence-corrected chi connectivity index (χ4v) is 1.19. The number of carboxylic acids is 1. The summed E-state index contributed by atoms with van der Waals surface area (Å²) in [5, 5.41) is 8.98. The third-order valence-corrected chi connectivity index (χ3v) is 2.08. The maximum Gasteiger partial charge on any atom is 0.337 e. The molecule has 0 aromatic heterocycles. The number of benzene rings is 1. The lowest BCUT2D eigenvalue weighted by Crippen LogP contribution is -2.07. The van der Waals surface area contributed by atoms with E-state index in [1.54, 1.807) is 19.1 Å². The molecule has 0 bridgehead atoms. The summed E-state index contributed by atoms with van der Waals surface area (Å²) < 4.78 is 0. The molecule has 13 heavy (non-hydrogen) atoms. The lowest BCUT2D eigenvalue weighted by atomic mass is 10.1. The lowest BCUT2D eigenvalue weighted by molar-refractivity contribution is 0.0697. The summed E-state index contributed by atoms with van der Waals surface area (Å²) in [6.45, 7) is 1.79. The zero-order valence-electron chi connectivity index (χ0n) is 7.12. The molecule has 3 N–H and O–H groups in total. The SMILES string of the molecule is C[C@@H](N)c1ccc(Cl)c(C(=O)O)c1. The van der Waals surface area contributed by atoms with Crippen LogP contribution < -0.4 is 5.73 Å². The van der Waals surface area contributed by atoms with Gasteiger partial charge in [-0.2, -0.15) is 0 Å². The summed E-state index contributed by atoms with van der Waals surface area (Å²) in [4.78, 5) is 10.7. The first-order valence-electron chi connectivity index (χ1n) is 3.80. The molecule has 0 spiro atoms. The maximum absolute atomic E-state index is 10.7. The molecule has 4 heteroatoms. The average Bonchev–Trinajstić information content (AvgIpc) is 2.04. The second-order valence-corrected chi connectivity index (χ2v) is 3.24. The van der Waals surface area contributed by atoms with Crippen molar-refractivity contribution in [1.29, 1.82) is 0 Å². The Hall–Kier alpha value is -1.06. The molecule has 1 aromatic rings. The van der Waals surface area contributed by atoms with E-state index in [-0.39, 0.29) is 16.6 Å². The van der Waals surface area contributed by atoms with Gasteiger partial charge in [0.2, 0.25) is 0 Å². The van der Waals surface area contributed by atoms with Gasteiger partial charge >= 0.3 is 5.97 Å². The maximum atomic E-state index is 10.7.